The number of anilines is 1. The maximum Gasteiger partial charge on any atom is 0.416 e. The molecule has 10 heteroatoms. The lowest BCUT2D eigenvalue weighted by Crippen LogP contribution is -2.41. The maximum absolute atomic E-state index is 13.4. The summed E-state index contributed by atoms with van der Waals surface area (Å²) in [4.78, 5) is 26.3. The molecular formula is C25H39N7O3. The average Bonchev–Trinajstić information content (AvgIpc) is 3.21. The number of aliphatic imine (C=N–C) groups is 1. The van der Waals surface area contributed by atoms with Crippen LogP contribution < -0.4 is 15.4 Å². The Balaban J connectivity index is 2.11. The van der Waals surface area contributed by atoms with Gasteiger partial charge in [0.2, 0.25) is 5.88 Å². The molecule has 2 aromatic rings. The van der Waals surface area contributed by atoms with Crippen molar-refractivity contribution in [3.05, 3.63) is 30.1 Å². The molecule has 0 aliphatic carbocycles. The second-order valence-corrected chi connectivity index (χ2v) is 10.2. The van der Waals surface area contributed by atoms with E-state index in [1.165, 1.54) is 11.1 Å². The van der Waals surface area contributed by atoms with E-state index in [0.29, 0.717) is 23.1 Å². The van der Waals surface area contributed by atoms with Gasteiger partial charge in [0.05, 0.1) is 18.5 Å². The molecule has 0 aromatic carbocycles. The number of ether oxygens (including phenoxy) is 2. The summed E-state index contributed by atoms with van der Waals surface area (Å²) in [5.41, 5.74) is 7.16. The fraction of sp³-hybridized carbons (Fsp3) is 0.600. The fourth-order valence-electron chi connectivity index (χ4n) is 3.90. The molecule has 1 saturated heterocycles. The van der Waals surface area contributed by atoms with Gasteiger partial charge >= 0.3 is 6.09 Å². The zero-order chi connectivity index (χ0) is 25.8. The van der Waals surface area contributed by atoms with Crippen molar-refractivity contribution in [1.82, 2.24) is 19.5 Å². The van der Waals surface area contributed by atoms with Crippen LogP contribution in [0.25, 0.3) is 5.65 Å². The minimum Gasteiger partial charge on any atom is -0.474 e. The topological polar surface area (TPSA) is 111 Å². The second kappa shape index (κ2) is 11.1. The van der Waals surface area contributed by atoms with Crippen LogP contribution in [0.3, 0.4) is 0 Å². The van der Waals surface area contributed by atoms with E-state index >= 15 is 0 Å². The summed E-state index contributed by atoms with van der Waals surface area (Å²) in [6.45, 7) is 11.7. The van der Waals surface area contributed by atoms with Crippen molar-refractivity contribution in [3.63, 3.8) is 0 Å². The number of carbonyl (C=O) groups is 1. The predicted molar refractivity (Wildman–Crippen MR) is 138 cm³/mol. The predicted octanol–water partition coefficient (Wildman–Crippen LogP) is 3.61. The highest BCUT2D eigenvalue weighted by Crippen LogP contribution is 2.29. The molecule has 0 saturated carbocycles. The maximum atomic E-state index is 13.4. The van der Waals surface area contributed by atoms with Gasteiger partial charge in [-0.3, -0.25) is 9.89 Å². The van der Waals surface area contributed by atoms with E-state index in [-0.39, 0.29) is 18.6 Å². The van der Waals surface area contributed by atoms with Gasteiger partial charge in [-0.1, -0.05) is 13.8 Å². The van der Waals surface area contributed by atoms with Crippen molar-refractivity contribution in [2.24, 2.45) is 10.7 Å². The first-order valence-corrected chi connectivity index (χ1v) is 12.1. The van der Waals surface area contributed by atoms with Gasteiger partial charge in [0.25, 0.3) is 0 Å². The number of nitrogens with two attached hydrogens (primary N) is 1. The van der Waals surface area contributed by atoms with Crippen molar-refractivity contribution in [2.45, 2.75) is 65.1 Å². The molecule has 2 N–H and O–H groups in total. The first-order valence-electron chi connectivity index (χ1n) is 12.1. The molecule has 2 aromatic heterocycles. The SMILES string of the molecule is CN=C(C=CN)CN(C(=O)OC(C)(C)C)c1cc(OC2CCN(C)CC2)nc2c(C(C)C)cnn12. The zero-order valence-electron chi connectivity index (χ0n) is 22.0. The third-order valence-electron chi connectivity index (χ3n) is 5.82. The molecule has 1 amide bonds. The van der Waals surface area contributed by atoms with Crippen LogP contribution >= 0.6 is 0 Å². The van der Waals surface area contributed by atoms with Crippen LogP contribution in [0.1, 0.15) is 58.9 Å². The van der Waals surface area contributed by atoms with Gasteiger partial charge in [-0.15, -0.1) is 0 Å². The van der Waals surface area contributed by atoms with Crippen LogP contribution in [0.4, 0.5) is 10.6 Å². The molecule has 10 nitrogen and oxygen atoms in total. The van der Waals surface area contributed by atoms with Crippen LogP contribution in [0.2, 0.25) is 0 Å². The molecule has 0 unspecified atom stereocenters. The van der Waals surface area contributed by atoms with Gasteiger partial charge in [-0.25, -0.2) is 4.79 Å². The van der Waals surface area contributed by atoms with Gasteiger partial charge in [-0.2, -0.15) is 14.6 Å². The Labute approximate surface area is 207 Å². The fourth-order valence-corrected chi connectivity index (χ4v) is 3.90. The van der Waals surface area contributed by atoms with Crippen LogP contribution in [0, 0.1) is 0 Å². The lowest BCUT2D eigenvalue weighted by atomic mass is 10.1. The van der Waals surface area contributed by atoms with Crippen molar-refractivity contribution in [2.75, 3.05) is 38.6 Å². The molecule has 35 heavy (non-hydrogen) atoms. The third-order valence-corrected chi connectivity index (χ3v) is 5.82. The van der Waals surface area contributed by atoms with Crippen molar-refractivity contribution >= 4 is 23.3 Å². The number of carbonyl (C=O) groups excluding carboxylic acids is 1. The summed E-state index contributed by atoms with van der Waals surface area (Å²) in [5, 5.41) is 4.58. The first-order chi connectivity index (χ1) is 16.5. The van der Waals surface area contributed by atoms with Gasteiger partial charge in [0, 0.05) is 31.8 Å². The van der Waals surface area contributed by atoms with Crippen molar-refractivity contribution in [1.29, 1.82) is 0 Å². The molecule has 0 spiro atoms. The quantitative estimate of drug-likeness (QED) is 0.597. The lowest BCUT2D eigenvalue weighted by molar-refractivity contribution is 0.0584. The summed E-state index contributed by atoms with van der Waals surface area (Å²) in [6, 6.07) is 1.76. The van der Waals surface area contributed by atoms with E-state index in [1.54, 1.807) is 29.9 Å². The molecule has 3 rings (SSSR count). The zero-order valence-corrected chi connectivity index (χ0v) is 22.0. The molecule has 3 heterocycles. The van der Waals surface area contributed by atoms with E-state index in [9.17, 15) is 4.79 Å². The van der Waals surface area contributed by atoms with Crippen LogP contribution in [0.15, 0.2) is 29.5 Å². The standard InChI is InChI=1S/C25H39N7O3/c1-17(2)20-15-28-32-22(14-21(29-23(20)32)34-19-9-12-30(7)13-10-19)31(16-18(27-6)8-11-26)24(33)35-25(3,4)5/h8,11,14-15,17,19H,9-10,12-13,16,26H2,1-7H3. The molecule has 0 bridgehead atoms. The average molecular weight is 486 g/mol. The Hall–Kier alpha value is -3.14. The second-order valence-electron chi connectivity index (χ2n) is 10.2. The van der Waals surface area contributed by atoms with E-state index in [1.807, 2.05) is 20.8 Å². The minimum atomic E-state index is -0.685. The Bertz CT molecular complexity index is 1080. The van der Waals surface area contributed by atoms with Crippen molar-refractivity contribution < 1.29 is 14.3 Å². The third kappa shape index (κ3) is 6.72. The van der Waals surface area contributed by atoms with Gasteiger partial charge in [0.1, 0.15) is 17.5 Å². The molecule has 0 radical (unpaired) electrons. The Kier molecular flexibility index (Phi) is 8.37. The number of piperidine rings is 1. The number of fused-ring (bicyclic) bond motifs is 1. The highest BCUT2D eigenvalue weighted by Gasteiger charge is 2.29. The summed E-state index contributed by atoms with van der Waals surface area (Å²) in [6.07, 6.45) is 6.21. The minimum absolute atomic E-state index is 0.0577. The number of nitrogens with zero attached hydrogens (tertiary/aromatic N) is 6. The highest BCUT2D eigenvalue weighted by molar-refractivity contribution is 6.03. The number of amides is 1. The Morgan fingerprint density at radius 3 is 2.60 bits per heavy atom. The lowest BCUT2D eigenvalue weighted by Gasteiger charge is -2.30. The summed E-state index contributed by atoms with van der Waals surface area (Å²) < 4.78 is 13.8. The summed E-state index contributed by atoms with van der Waals surface area (Å²) in [5.74, 6) is 1.14. The van der Waals surface area contributed by atoms with Crippen LogP contribution in [-0.4, -0.2) is 76.7 Å². The van der Waals surface area contributed by atoms with Gasteiger partial charge < -0.3 is 20.1 Å². The monoisotopic (exact) mass is 485 g/mol. The normalized spacial score (nSPS) is 16.4. The summed E-state index contributed by atoms with van der Waals surface area (Å²) in [7, 11) is 3.77. The number of hydrogen-bond donors (Lipinski definition) is 1. The van der Waals surface area contributed by atoms with E-state index in [0.717, 1.165) is 31.5 Å². The Morgan fingerprint density at radius 1 is 1.34 bits per heavy atom. The van der Waals surface area contributed by atoms with Gasteiger partial charge in [0.15, 0.2) is 5.65 Å². The van der Waals surface area contributed by atoms with Gasteiger partial charge in [-0.05, 0) is 58.9 Å². The van der Waals surface area contributed by atoms with Crippen LogP contribution in [0.5, 0.6) is 5.88 Å². The molecular weight excluding hydrogens is 446 g/mol. The van der Waals surface area contributed by atoms with E-state index in [4.69, 9.17) is 20.2 Å². The molecule has 1 aliphatic rings. The number of hydrogen-bond acceptors (Lipinski definition) is 8. The highest BCUT2D eigenvalue weighted by atomic mass is 16.6. The molecule has 1 fully saturated rings. The Morgan fingerprint density at radius 2 is 2.03 bits per heavy atom. The largest absolute Gasteiger partial charge is 0.474 e. The number of aromatic nitrogens is 3. The number of rotatable bonds is 7. The summed E-state index contributed by atoms with van der Waals surface area (Å²) >= 11 is 0. The smallest absolute Gasteiger partial charge is 0.416 e. The number of likely N-dealkylation sites (tertiary alicyclic amines) is 1. The molecule has 1 aliphatic heterocycles. The van der Waals surface area contributed by atoms with Crippen molar-refractivity contribution in [3.8, 4) is 5.88 Å². The molecule has 192 valence electrons. The van der Waals surface area contributed by atoms with E-state index < -0.39 is 11.7 Å². The van der Waals surface area contributed by atoms with E-state index in [2.05, 4.69) is 35.9 Å². The first kappa shape index (κ1) is 26.5. The molecule has 0 atom stereocenters. The van der Waals surface area contributed by atoms with Crippen LogP contribution in [-0.2, 0) is 4.74 Å².